The van der Waals surface area contributed by atoms with Gasteiger partial charge >= 0.3 is 8.80 Å². The second-order valence-electron chi connectivity index (χ2n) is 5.26. The van der Waals surface area contributed by atoms with Crippen LogP contribution in [-0.4, -0.2) is 67.8 Å². The van der Waals surface area contributed by atoms with Gasteiger partial charge in [-0.05, 0) is 6.42 Å². The van der Waals surface area contributed by atoms with Crippen LogP contribution < -0.4 is 5.11 Å². The molecule has 0 heterocycles. The van der Waals surface area contributed by atoms with Gasteiger partial charge in [-0.25, -0.2) is 0 Å². The quantitative estimate of drug-likeness (QED) is 0.392. The molecular weight excluding hydrogens is 266 g/mol. The number of quaternary nitrogens is 1. The zero-order chi connectivity index (χ0) is 14.9. The minimum Gasteiger partial charge on any atom is -0.550 e. The normalized spacial score (nSPS) is 12.7. The van der Waals surface area contributed by atoms with Crippen LogP contribution >= 0.6 is 0 Å². The maximum absolute atomic E-state index is 10.4. The number of hydrogen-bond donors (Lipinski definition) is 0. The monoisotopic (exact) mass is 293 g/mol. The van der Waals surface area contributed by atoms with Crippen molar-refractivity contribution in [2.45, 2.75) is 25.3 Å². The van der Waals surface area contributed by atoms with Gasteiger partial charge < -0.3 is 27.7 Å². The highest BCUT2D eigenvalue weighted by molar-refractivity contribution is 6.60. The summed E-state index contributed by atoms with van der Waals surface area (Å²) in [5.74, 6) is -0.982. The average Bonchev–Trinajstić information content (AvgIpc) is 2.34. The van der Waals surface area contributed by atoms with Crippen molar-refractivity contribution in [1.82, 2.24) is 0 Å². The van der Waals surface area contributed by atoms with Crippen LogP contribution in [0.1, 0.15) is 19.3 Å². The molecule has 0 spiro atoms. The molecule has 0 N–H and O–H groups in total. The van der Waals surface area contributed by atoms with E-state index in [0.717, 1.165) is 30.0 Å². The summed E-state index contributed by atoms with van der Waals surface area (Å²) in [7, 11) is 6.53. The fourth-order valence-electron chi connectivity index (χ4n) is 2.04. The molecule has 0 atom stereocenters. The molecule has 0 aromatic heterocycles. The van der Waals surface area contributed by atoms with Gasteiger partial charge in [-0.3, -0.25) is 0 Å². The molecule has 0 aliphatic rings. The molecule has 0 aliphatic carbocycles. The average molecular weight is 293 g/mol. The summed E-state index contributed by atoms with van der Waals surface area (Å²) in [6.07, 6.45) is 1.67. The lowest BCUT2D eigenvalue weighted by Gasteiger charge is -2.31. The highest BCUT2D eigenvalue weighted by Gasteiger charge is 2.37. The molecule has 6 nitrogen and oxygen atoms in total. The minimum absolute atomic E-state index is 0.120. The lowest BCUT2D eigenvalue weighted by Crippen LogP contribution is -2.46. The molecule has 19 heavy (non-hydrogen) atoms. The van der Waals surface area contributed by atoms with Crippen LogP contribution in [0.3, 0.4) is 0 Å². The number of carbonyl (C=O) groups excluding carboxylic acids is 1. The Hall–Kier alpha value is -0.473. The number of nitrogens with zero attached hydrogens (tertiary/aromatic N) is 1. The number of hydrogen-bond acceptors (Lipinski definition) is 5. The second kappa shape index (κ2) is 8.65. The maximum atomic E-state index is 10.4. The van der Waals surface area contributed by atoms with Crippen molar-refractivity contribution in [2.75, 3.05) is 48.5 Å². The summed E-state index contributed by atoms with van der Waals surface area (Å²) in [6.45, 7) is 1.74. The Morgan fingerprint density at radius 2 is 1.53 bits per heavy atom. The summed E-state index contributed by atoms with van der Waals surface area (Å²) < 4.78 is 16.9. The Balaban J connectivity index is 4.05. The lowest BCUT2D eigenvalue weighted by molar-refractivity contribution is -0.890. The highest BCUT2D eigenvalue weighted by atomic mass is 28.4. The third-order valence-corrected chi connectivity index (χ3v) is 6.16. The molecule has 7 heteroatoms. The Bertz CT molecular complexity index is 261. The summed E-state index contributed by atoms with van der Waals surface area (Å²) >= 11 is 0. The van der Waals surface area contributed by atoms with E-state index in [1.165, 1.54) is 0 Å². The van der Waals surface area contributed by atoms with Crippen LogP contribution in [0.4, 0.5) is 0 Å². The number of carboxylic acid groups (broad SMARTS) is 1. The minimum atomic E-state index is -2.48. The number of rotatable bonds is 11. The topological polar surface area (TPSA) is 67.8 Å². The zero-order valence-electron chi connectivity index (χ0n) is 12.7. The van der Waals surface area contributed by atoms with Crippen molar-refractivity contribution in [3.05, 3.63) is 0 Å². The second-order valence-corrected chi connectivity index (χ2v) is 8.35. The molecule has 0 amide bonds. The molecule has 0 aliphatic heterocycles. The molecule has 0 saturated heterocycles. The first-order chi connectivity index (χ1) is 8.81. The predicted octanol–water partition coefficient (Wildman–Crippen LogP) is -0.139. The fourth-order valence-corrected chi connectivity index (χ4v) is 3.75. The molecule has 0 rings (SSSR count). The van der Waals surface area contributed by atoms with E-state index in [1.54, 1.807) is 21.3 Å². The third-order valence-electron chi connectivity index (χ3n) is 3.32. The fraction of sp³-hybridized carbons (Fsp3) is 0.917. The number of carbonyl (C=O) groups is 1. The van der Waals surface area contributed by atoms with Crippen molar-refractivity contribution < 1.29 is 27.7 Å². The Morgan fingerprint density at radius 3 is 1.95 bits per heavy atom. The number of aliphatic carboxylic acids is 1. The van der Waals surface area contributed by atoms with Crippen molar-refractivity contribution in [1.29, 1.82) is 0 Å². The van der Waals surface area contributed by atoms with Crippen LogP contribution in [-0.2, 0) is 18.1 Å². The standard InChI is InChI=1S/C12H27NO5Si/c1-13(2,9-6-8-12(14)15)10-7-11-19(16-3,17-4)18-5/h6-11H2,1-5H3. The van der Waals surface area contributed by atoms with E-state index in [9.17, 15) is 9.90 Å². The van der Waals surface area contributed by atoms with E-state index in [1.807, 2.05) is 0 Å². The van der Waals surface area contributed by atoms with Gasteiger partial charge in [-0.2, -0.15) is 0 Å². The molecule has 0 bridgehead atoms. The van der Waals surface area contributed by atoms with E-state index in [2.05, 4.69) is 14.1 Å². The summed E-state index contributed by atoms with van der Waals surface area (Å²) in [6, 6.07) is 0.763. The summed E-state index contributed by atoms with van der Waals surface area (Å²) in [5.41, 5.74) is 0. The van der Waals surface area contributed by atoms with Crippen LogP contribution in [0.25, 0.3) is 0 Å². The van der Waals surface area contributed by atoms with E-state index in [0.29, 0.717) is 6.42 Å². The van der Waals surface area contributed by atoms with Gasteiger partial charge in [0.15, 0.2) is 0 Å². The Kier molecular flexibility index (Phi) is 8.43. The molecule has 0 aromatic rings. The van der Waals surface area contributed by atoms with Crippen LogP contribution in [0.2, 0.25) is 6.04 Å². The largest absolute Gasteiger partial charge is 0.550 e. The van der Waals surface area contributed by atoms with Gasteiger partial charge in [0.25, 0.3) is 0 Å². The molecule has 114 valence electrons. The smallest absolute Gasteiger partial charge is 0.500 e. The van der Waals surface area contributed by atoms with E-state index in [-0.39, 0.29) is 6.42 Å². The van der Waals surface area contributed by atoms with Gasteiger partial charge in [-0.1, -0.05) is 0 Å². The van der Waals surface area contributed by atoms with Crippen molar-refractivity contribution in [2.24, 2.45) is 0 Å². The van der Waals surface area contributed by atoms with Gasteiger partial charge in [0.05, 0.1) is 27.2 Å². The summed E-state index contributed by atoms with van der Waals surface area (Å²) in [4.78, 5) is 10.4. The Morgan fingerprint density at radius 1 is 1.05 bits per heavy atom. The first kappa shape index (κ1) is 18.5. The SMILES string of the molecule is CO[Si](CCC[N+](C)(C)CCCC(=O)[O-])(OC)OC. The highest BCUT2D eigenvalue weighted by Crippen LogP contribution is 2.16. The molecule has 0 aromatic carbocycles. The van der Waals surface area contributed by atoms with Gasteiger partial charge in [0.1, 0.15) is 0 Å². The number of carboxylic acids is 1. The first-order valence-electron chi connectivity index (χ1n) is 6.48. The predicted molar refractivity (Wildman–Crippen MR) is 72.3 cm³/mol. The van der Waals surface area contributed by atoms with Gasteiger partial charge in [0.2, 0.25) is 0 Å². The first-order valence-corrected chi connectivity index (χ1v) is 8.41. The van der Waals surface area contributed by atoms with Crippen LogP contribution in [0.15, 0.2) is 0 Å². The molecular formula is C12H27NO5Si. The van der Waals surface area contributed by atoms with Crippen LogP contribution in [0, 0.1) is 0 Å². The van der Waals surface area contributed by atoms with E-state index in [4.69, 9.17) is 13.3 Å². The third kappa shape index (κ3) is 7.63. The van der Waals surface area contributed by atoms with Gasteiger partial charge in [-0.15, -0.1) is 0 Å². The van der Waals surface area contributed by atoms with Crippen molar-refractivity contribution >= 4 is 14.8 Å². The van der Waals surface area contributed by atoms with E-state index < -0.39 is 14.8 Å². The van der Waals surface area contributed by atoms with Crippen molar-refractivity contribution in [3.63, 3.8) is 0 Å². The van der Waals surface area contributed by atoms with Gasteiger partial charge in [0, 0.05) is 46.2 Å². The molecule has 0 radical (unpaired) electrons. The Labute approximate surface area is 117 Å². The molecule has 0 fully saturated rings. The zero-order valence-corrected chi connectivity index (χ0v) is 13.7. The lowest BCUT2D eigenvalue weighted by atomic mass is 10.2. The maximum Gasteiger partial charge on any atom is 0.500 e. The summed E-state index contributed by atoms with van der Waals surface area (Å²) in [5, 5.41) is 10.4. The molecule has 0 unspecified atom stereocenters. The van der Waals surface area contributed by atoms with E-state index >= 15 is 0 Å². The molecule has 0 saturated carbocycles. The van der Waals surface area contributed by atoms with Crippen LogP contribution in [0.5, 0.6) is 0 Å². The van der Waals surface area contributed by atoms with Crippen molar-refractivity contribution in [3.8, 4) is 0 Å².